The van der Waals surface area contributed by atoms with Gasteiger partial charge >= 0.3 is 0 Å². The van der Waals surface area contributed by atoms with Crippen LogP contribution in [0, 0.1) is 30.6 Å². The summed E-state index contributed by atoms with van der Waals surface area (Å²) in [5, 5.41) is 15.5. The number of halogens is 2. The minimum atomic E-state index is -0.693. The van der Waals surface area contributed by atoms with Crippen molar-refractivity contribution < 1.29 is 4.79 Å². The molecule has 5 rings (SSSR count). The zero-order chi connectivity index (χ0) is 26.6. The molecule has 0 saturated heterocycles. The number of rotatable bonds is 3. The number of hydrogen-bond donors (Lipinski definition) is 1. The van der Waals surface area contributed by atoms with Crippen LogP contribution in [-0.2, 0) is 4.79 Å². The largest absolute Gasteiger partial charge is 0.384 e. The first-order valence-corrected chi connectivity index (χ1v) is 13.2. The van der Waals surface area contributed by atoms with Crippen molar-refractivity contribution in [2.24, 2.45) is 11.1 Å². The number of hydrogen-bond acceptors (Lipinski definition) is 5. The number of nitriles is 1. The van der Waals surface area contributed by atoms with E-state index in [0.29, 0.717) is 46.2 Å². The Kier molecular flexibility index (Phi) is 6.29. The monoisotopic (exact) mass is 575 g/mol. The number of Topliss-reactive ketones (excluding diaryl/α,β-unsaturated/α-hetero) is 1. The minimum absolute atomic E-state index is 0.00263. The first-order chi connectivity index (χ1) is 17.5. The smallest absolute Gasteiger partial charge is 0.162 e. The molecule has 188 valence electrons. The van der Waals surface area contributed by atoms with Gasteiger partial charge < -0.3 is 5.73 Å². The number of nitrogens with two attached hydrogens (primary N) is 1. The summed E-state index contributed by atoms with van der Waals surface area (Å²) in [7, 11) is 0. The third kappa shape index (κ3) is 4.28. The Morgan fingerprint density at radius 2 is 1.70 bits per heavy atom. The summed E-state index contributed by atoms with van der Waals surface area (Å²) in [4.78, 5) is 15.7. The molecule has 0 fully saturated rings. The van der Waals surface area contributed by atoms with E-state index in [1.54, 1.807) is 4.68 Å². The zero-order valence-corrected chi connectivity index (χ0v) is 23.5. The maximum atomic E-state index is 13.8. The lowest BCUT2D eigenvalue weighted by molar-refractivity contribution is -0.118. The quantitative estimate of drug-likeness (QED) is 0.369. The second kappa shape index (κ2) is 9.20. The second-order valence-electron chi connectivity index (χ2n) is 10.5. The molecule has 0 amide bonds. The fourth-order valence-corrected chi connectivity index (χ4v) is 6.02. The van der Waals surface area contributed by atoms with Crippen LogP contribution in [-0.4, -0.2) is 15.6 Å². The van der Waals surface area contributed by atoms with Crippen molar-refractivity contribution in [3.63, 3.8) is 0 Å². The third-order valence-electron chi connectivity index (χ3n) is 7.08. The fraction of sp³-hybridized carbons (Fsp3) is 0.276. The molecule has 0 spiro atoms. The van der Waals surface area contributed by atoms with E-state index in [4.69, 9.17) is 22.4 Å². The van der Waals surface area contributed by atoms with E-state index in [9.17, 15) is 10.1 Å². The molecule has 8 heteroatoms. The topological polar surface area (TPSA) is 87.9 Å². The summed E-state index contributed by atoms with van der Waals surface area (Å²) in [6.45, 7) is 8.03. The Morgan fingerprint density at radius 3 is 2.32 bits per heavy atom. The Morgan fingerprint density at radius 1 is 1.08 bits per heavy atom. The molecule has 1 atom stereocenters. The summed E-state index contributed by atoms with van der Waals surface area (Å²) in [5.74, 6) is -0.392. The van der Waals surface area contributed by atoms with Crippen molar-refractivity contribution in [1.29, 1.82) is 5.26 Å². The summed E-state index contributed by atoms with van der Waals surface area (Å²) >= 11 is 10.5. The summed E-state index contributed by atoms with van der Waals surface area (Å²) < 4.78 is 2.59. The highest BCUT2D eigenvalue weighted by Crippen LogP contribution is 2.51. The van der Waals surface area contributed by atoms with Crippen LogP contribution in [0.15, 0.2) is 75.7 Å². The predicted molar refractivity (Wildman–Crippen MR) is 149 cm³/mol. The molecule has 2 aliphatic rings. The maximum Gasteiger partial charge on any atom is 0.162 e. The fourth-order valence-electron chi connectivity index (χ4n) is 5.38. The number of ketones is 1. The molecule has 1 aliphatic carbocycles. The van der Waals surface area contributed by atoms with Crippen LogP contribution in [0.2, 0.25) is 5.15 Å². The second-order valence-corrected chi connectivity index (χ2v) is 11.8. The molecule has 0 radical (unpaired) electrons. The predicted octanol–water partition coefficient (Wildman–Crippen LogP) is 6.85. The molecule has 1 unspecified atom stereocenters. The van der Waals surface area contributed by atoms with Gasteiger partial charge in [0.1, 0.15) is 11.0 Å². The number of aryl methyl sites for hydroxylation is 2. The molecule has 2 heterocycles. The highest BCUT2D eigenvalue weighted by atomic mass is 79.9. The van der Waals surface area contributed by atoms with Crippen LogP contribution >= 0.6 is 27.5 Å². The van der Waals surface area contributed by atoms with Gasteiger partial charge in [0.15, 0.2) is 5.78 Å². The van der Waals surface area contributed by atoms with Gasteiger partial charge in [0.2, 0.25) is 0 Å². The zero-order valence-electron chi connectivity index (χ0n) is 21.1. The lowest BCUT2D eigenvalue weighted by Gasteiger charge is -2.43. The number of aromatic nitrogens is 2. The van der Waals surface area contributed by atoms with E-state index in [0.717, 1.165) is 27.1 Å². The number of carbonyl (C=O) groups is 1. The molecule has 1 aromatic heterocycles. The maximum absolute atomic E-state index is 13.8. The van der Waals surface area contributed by atoms with Gasteiger partial charge in [0.05, 0.1) is 28.9 Å². The first kappa shape index (κ1) is 25.3. The molecule has 0 bridgehead atoms. The summed E-state index contributed by atoms with van der Waals surface area (Å²) in [5.41, 5.74) is 12.2. The van der Waals surface area contributed by atoms with Crippen molar-refractivity contribution in [2.75, 3.05) is 4.90 Å². The van der Waals surface area contributed by atoms with Crippen LogP contribution in [0.5, 0.6) is 0 Å². The van der Waals surface area contributed by atoms with Crippen LogP contribution in [0.3, 0.4) is 0 Å². The molecule has 1 aliphatic heterocycles. The van der Waals surface area contributed by atoms with E-state index < -0.39 is 5.92 Å². The van der Waals surface area contributed by atoms with Crippen LogP contribution in [0.25, 0.3) is 5.69 Å². The van der Waals surface area contributed by atoms with Crippen molar-refractivity contribution >= 4 is 39.0 Å². The van der Waals surface area contributed by atoms with Crippen molar-refractivity contribution in [2.45, 2.75) is 46.5 Å². The van der Waals surface area contributed by atoms with Crippen molar-refractivity contribution in [3.8, 4) is 11.8 Å². The molecule has 3 aromatic rings. The lowest BCUT2D eigenvalue weighted by Crippen LogP contribution is -2.42. The van der Waals surface area contributed by atoms with Crippen LogP contribution in [0.1, 0.15) is 49.4 Å². The summed E-state index contributed by atoms with van der Waals surface area (Å²) in [6.07, 6.45) is 1.00. The van der Waals surface area contributed by atoms with Gasteiger partial charge in [-0.3, -0.25) is 9.69 Å². The van der Waals surface area contributed by atoms with Gasteiger partial charge in [-0.25, -0.2) is 4.68 Å². The van der Waals surface area contributed by atoms with Crippen LogP contribution < -0.4 is 10.6 Å². The van der Waals surface area contributed by atoms with E-state index in [2.05, 4.69) is 35.8 Å². The number of benzene rings is 2. The Labute approximate surface area is 230 Å². The molecular formula is C29H27BrClN5O. The average molecular weight is 577 g/mol. The van der Waals surface area contributed by atoms with Gasteiger partial charge in [-0.05, 0) is 62.1 Å². The number of allylic oxidation sites excluding steroid dienone is 3. The standard InChI is InChI=1S/C29H27BrClN5O/c1-16-5-9-20(10-6-16)36-27(31)24(17(2)34-36)25-21(15-32)28(33)35(19-11-7-18(30)8-12-19)22-13-29(3,4)14-23(37)26(22)25/h5-12,25H,13-14,33H2,1-4H3. The Bertz CT molecular complexity index is 1520. The van der Waals surface area contributed by atoms with Crippen molar-refractivity contribution in [1.82, 2.24) is 9.78 Å². The number of nitrogens with zero attached hydrogens (tertiary/aromatic N) is 4. The third-order valence-corrected chi connectivity index (χ3v) is 7.97. The highest BCUT2D eigenvalue weighted by Gasteiger charge is 2.46. The lowest BCUT2D eigenvalue weighted by atomic mass is 9.68. The van der Waals surface area contributed by atoms with E-state index in [1.165, 1.54) is 0 Å². The van der Waals surface area contributed by atoms with E-state index in [1.807, 2.05) is 67.3 Å². The molecular weight excluding hydrogens is 550 g/mol. The molecule has 2 N–H and O–H groups in total. The Balaban J connectivity index is 1.76. The van der Waals surface area contributed by atoms with Gasteiger partial charge in [-0.1, -0.05) is 59.1 Å². The van der Waals surface area contributed by atoms with Gasteiger partial charge in [0, 0.05) is 33.4 Å². The van der Waals surface area contributed by atoms with E-state index >= 15 is 0 Å². The average Bonchev–Trinajstić information content (AvgIpc) is 3.12. The SMILES string of the molecule is Cc1ccc(-n2nc(C)c(C3C(C#N)=C(N)N(c4ccc(Br)cc4)C4=C3C(=O)CC(C)(C)C4)c2Cl)cc1. The molecule has 6 nitrogen and oxygen atoms in total. The highest BCUT2D eigenvalue weighted by molar-refractivity contribution is 9.10. The number of carbonyl (C=O) groups excluding carboxylic acids is 1. The van der Waals surface area contributed by atoms with Crippen LogP contribution in [0.4, 0.5) is 5.69 Å². The molecule has 0 saturated carbocycles. The van der Waals surface area contributed by atoms with E-state index in [-0.39, 0.29) is 11.2 Å². The van der Waals surface area contributed by atoms with Gasteiger partial charge in [0.25, 0.3) is 0 Å². The van der Waals surface area contributed by atoms with Gasteiger partial charge in [-0.15, -0.1) is 0 Å². The normalized spacial score (nSPS) is 19.2. The summed E-state index contributed by atoms with van der Waals surface area (Å²) in [6, 6.07) is 17.9. The molecule has 37 heavy (non-hydrogen) atoms. The first-order valence-electron chi connectivity index (χ1n) is 12.1. The Hall–Kier alpha value is -3.34. The van der Waals surface area contributed by atoms with Gasteiger partial charge in [-0.2, -0.15) is 10.4 Å². The minimum Gasteiger partial charge on any atom is -0.384 e. The molecule has 2 aromatic carbocycles. The number of anilines is 1. The van der Waals surface area contributed by atoms with Crippen molar-refractivity contribution in [3.05, 3.63) is 97.6 Å².